The highest BCUT2D eigenvalue weighted by Crippen LogP contribution is 2.37. The van der Waals surface area contributed by atoms with Crippen LogP contribution >= 0.6 is 0 Å². The van der Waals surface area contributed by atoms with Crippen molar-refractivity contribution in [1.29, 1.82) is 0 Å². The molecule has 0 saturated carbocycles. The average Bonchev–Trinajstić information content (AvgIpc) is 2.17. The summed E-state index contributed by atoms with van der Waals surface area (Å²) in [7, 11) is 0. The van der Waals surface area contributed by atoms with Gasteiger partial charge in [-0.2, -0.15) is 0 Å². The lowest BCUT2D eigenvalue weighted by molar-refractivity contribution is -0.157. The van der Waals surface area contributed by atoms with Crippen molar-refractivity contribution < 1.29 is 9.53 Å². The zero-order chi connectivity index (χ0) is 10.9. The Labute approximate surface area is 90.3 Å². The summed E-state index contributed by atoms with van der Waals surface area (Å²) < 4.78 is 5.47. The Morgan fingerprint density at radius 1 is 1.40 bits per heavy atom. The Kier molecular flexibility index (Phi) is 2.51. The fraction of sp³-hybridized carbons (Fsp3) is 0.462. The van der Waals surface area contributed by atoms with E-state index in [2.05, 4.69) is 12.1 Å². The predicted molar refractivity (Wildman–Crippen MR) is 58.5 cm³/mol. The van der Waals surface area contributed by atoms with Crippen LogP contribution in [-0.2, 0) is 21.6 Å². The highest BCUT2D eigenvalue weighted by Gasteiger charge is 2.34. The van der Waals surface area contributed by atoms with E-state index in [0.29, 0.717) is 0 Å². The average molecular weight is 204 g/mol. The Balaban J connectivity index is 2.40. The second kappa shape index (κ2) is 3.69. The maximum absolute atomic E-state index is 11.1. The molecule has 0 bridgehead atoms. The zero-order valence-corrected chi connectivity index (χ0v) is 9.25. The van der Waals surface area contributed by atoms with Crippen molar-refractivity contribution in [2.24, 2.45) is 0 Å². The summed E-state index contributed by atoms with van der Waals surface area (Å²) in [6, 6.07) is 8.23. The molecule has 2 nitrogen and oxygen atoms in total. The van der Waals surface area contributed by atoms with Gasteiger partial charge < -0.3 is 4.74 Å². The maximum Gasteiger partial charge on any atom is 0.303 e. The summed E-state index contributed by atoms with van der Waals surface area (Å²) in [5.41, 5.74) is 2.07. The standard InChI is InChI=1S/C13H16O2/c1-10(14)15-13(2)9-5-7-11-6-3-4-8-12(11)13/h3-4,6,8H,5,7,9H2,1-2H3/t13-/m1/s1. The number of rotatable bonds is 1. The summed E-state index contributed by atoms with van der Waals surface area (Å²) in [6.07, 6.45) is 3.09. The monoisotopic (exact) mass is 204 g/mol. The van der Waals surface area contributed by atoms with Crippen LogP contribution in [0.2, 0.25) is 0 Å². The summed E-state index contributed by atoms with van der Waals surface area (Å²) in [5, 5.41) is 0. The van der Waals surface area contributed by atoms with Crippen LogP contribution in [0.25, 0.3) is 0 Å². The molecule has 1 aromatic carbocycles. The van der Waals surface area contributed by atoms with Gasteiger partial charge in [0.15, 0.2) is 0 Å². The number of hydrogen-bond acceptors (Lipinski definition) is 2. The number of fused-ring (bicyclic) bond motifs is 1. The largest absolute Gasteiger partial charge is 0.455 e. The molecule has 0 heterocycles. The molecule has 80 valence electrons. The van der Waals surface area contributed by atoms with Gasteiger partial charge in [-0.3, -0.25) is 4.79 Å². The molecule has 0 aromatic heterocycles. The summed E-state index contributed by atoms with van der Waals surface area (Å²) in [6.45, 7) is 3.48. The number of carbonyl (C=O) groups is 1. The molecule has 0 unspecified atom stereocenters. The van der Waals surface area contributed by atoms with Gasteiger partial charge in [0.25, 0.3) is 0 Å². The van der Waals surface area contributed by atoms with Crippen LogP contribution in [-0.4, -0.2) is 5.97 Å². The molecule has 0 aliphatic heterocycles. The first kappa shape index (κ1) is 10.2. The van der Waals surface area contributed by atoms with Crippen molar-refractivity contribution in [3.63, 3.8) is 0 Å². The second-order valence-electron chi connectivity index (χ2n) is 4.34. The Bertz CT molecular complexity index is 384. The van der Waals surface area contributed by atoms with E-state index in [1.165, 1.54) is 18.1 Å². The molecule has 1 aliphatic rings. The minimum absolute atomic E-state index is 0.200. The number of ether oxygens (including phenoxy) is 1. The molecule has 0 amide bonds. The fourth-order valence-corrected chi connectivity index (χ4v) is 2.43. The molecule has 0 saturated heterocycles. The van der Waals surface area contributed by atoms with Crippen LogP contribution in [0, 0.1) is 0 Å². The van der Waals surface area contributed by atoms with Crippen molar-refractivity contribution in [3.05, 3.63) is 35.4 Å². The van der Waals surface area contributed by atoms with Gasteiger partial charge in [-0.25, -0.2) is 0 Å². The van der Waals surface area contributed by atoms with Gasteiger partial charge in [-0.15, -0.1) is 0 Å². The fourth-order valence-electron chi connectivity index (χ4n) is 2.43. The van der Waals surface area contributed by atoms with Crippen LogP contribution in [0.4, 0.5) is 0 Å². The lowest BCUT2D eigenvalue weighted by Crippen LogP contribution is -2.32. The predicted octanol–water partition coefficient (Wildman–Crippen LogP) is 2.80. The molecule has 0 fully saturated rings. The van der Waals surface area contributed by atoms with E-state index in [4.69, 9.17) is 4.74 Å². The van der Waals surface area contributed by atoms with Gasteiger partial charge >= 0.3 is 5.97 Å². The Morgan fingerprint density at radius 3 is 2.87 bits per heavy atom. The highest BCUT2D eigenvalue weighted by molar-refractivity contribution is 5.67. The molecular weight excluding hydrogens is 188 g/mol. The number of benzene rings is 1. The molecule has 2 heteroatoms. The molecule has 0 spiro atoms. The van der Waals surface area contributed by atoms with E-state index in [1.54, 1.807) is 0 Å². The van der Waals surface area contributed by atoms with Gasteiger partial charge in [-0.05, 0) is 37.3 Å². The first-order valence-electron chi connectivity index (χ1n) is 5.40. The smallest absolute Gasteiger partial charge is 0.303 e. The third kappa shape index (κ3) is 1.89. The maximum atomic E-state index is 11.1. The second-order valence-corrected chi connectivity index (χ2v) is 4.34. The van der Waals surface area contributed by atoms with E-state index in [1.807, 2.05) is 19.1 Å². The number of carbonyl (C=O) groups excluding carboxylic acids is 1. The van der Waals surface area contributed by atoms with Gasteiger partial charge in [0, 0.05) is 6.92 Å². The van der Waals surface area contributed by atoms with Crippen molar-refractivity contribution >= 4 is 5.97 Å². The van der Waals surface area contributed by atoms with Gasteiger partial charge in [0.1, 0.15) is 5.60 Å². The van der Waals surface area contributed by atoms with Crippen LogP contribution in [0.5, 0.6) is 0 Å². The number of hydrogen-bond donors (Lipinski definition) is 0. The van der Waals surface area contributed by atoms with Gasteiger partial charge in [0.05, 0.1) is 0 Å². The molecule has 1 atom stereocenters. The van der Waals surface area contributed by atoms with Crippen molar-refractivity contribution in [3.8, 4) is 0 Å². The minimum Gasteiger partial charge on any atom is -0.455 e. The SMILES string of the molecule is CC(=O)O[C@]1(C)CCCc2ccccc21. The van der Waals surface area contributed by atoms with Crippen LogP contribution in [0.15, 0.2) is 24.3 Å². The Hall–Kier alpha value is -1.31. The van der Waals surface area contributed by atoms with Crippen LogP contribution < -0.4 is 0 Å². The van der Waals surface area contributed by atoms with Crippen molar-refractivity contribution in [2.75, 3.05) is 0 Å². The topological polar surface area (TPSA) is 26.3 Å². The third-order valence-electron chi connectivity index (χ3n) is 3.06. The molecule has 0 N–H and O–H groups in total. The molecule has 2 rings (SSSR count). The van der Waals surface area contributed by atoms with E-state index in [9.17, 15) is 4.79 Å². The van der Waals surface area contributed by atoms with E-state index >= 15 is 0 Å². The van der Waals surface area contributed by atoms with Gasteiger partial charge in [-0.1, -0.05) is 24.3 Å². The van der Waals surface area contributed by atoms with Gasteiger partial charge in [0.2, 0.25) is 0 Å². The molecular formula is C13H16O2. The molecule has 1 aromatic rings. The summed E-state index contributed by atoms with van der Waals surface area (Å²) >= 11 is 0. The third-order valence-corrected chi connectivity index (χ3v) is 3.06. The highest BCUT2D eigenvalue weighted by atomic mass is 16.6. The van der Waals surface area contributed by atoms with E-state index in [-0.39, 0.29) is 5.97 Å². The zero-order valence-electron chi connectivity index (χ0n) is 9.25. The van der Waals surface area contributed by atoms with Crippen LogP contribution in [0.3, 0.4) is 0 Å². The van der Waals surface area contributed by atoms with Crippen molar-refractivity contribution in [2.45, 2.75) is 38.7 Å². The molecule has 15 heavy (non-hydrogen) atoms. The van der Waals surface area contributed by atoms with Crippen LogP contribution in [0.1, 0.15) is 37.8 Å². The summed E-state index contributed by atoms with van der Waals surface area (Å²) in [4.78, 5) is 11.1. The normalized spacial score (nSPS) is 24.4. The minimum atomic E-state index is -0.416. The quantitative estimate of drug-likeness (QED) is 0.657. The van der Waals surface area contributed by atoms with E-state index in [0.717, 1.165) is 19.3 Å². The summed E-state index contributed by atoms with van der Waals surface area (Å²) in [5.74, 6) is -0.200. The lowest BCUT2D eigenvalue weighted by atomic mass is 9.80. The Morgan fingerprint density at radius 2 is 2.13 bits per heavy atom. The number of esters is 1. The first-order valence-corrected chi connectivity index (χ1v) is 5.40. The van der Waals surface area contributed by atoms with E-state index < -0.39 is 5.60 Å². The molecule has 1 aliphatic carbocycles. The molecule has 0 radical (unpaired) electrons. The number of aryl methyl sites for hydroxylation is 1. The van der Waals surface area contributed by atoms with Crippen molar-refractivity contribution in [1.82, 2.24) is 0 Å². The lowest BCUT2D eigenvalue weighted by Gasteiger charge is -2.35. The first-order chi connectivity index (χ1) is 7.12.